The third-order valence-corrected chi connectivity index (χ3v) is 1.62. The molecule has 0 atom stereocenters. The van der Waals surface area contributed by atoms with Crippen molar-refractivity contribution in [3.8, 4) is 0 Å². The molecule has 9 heavy (non-hydrogen) atoms. The standard InChI is InChI=1S/C7H13NS/c1-4-6-8-7(5-2)9-3/h5-6H,4H2,1-3H3/b7-5+,8-6?. The second-order valence-electron chi connectivity index (χ2n) is 1.55. The zero-order valence-corrected chi connectivity index (χ0v) is 7.03. The summed E-state index contributed by atoms with van der Waals surface area (Å²) < 4.78 is 0. The molecule has 0 spiro atoms. The van der Waals surface area contributed by atoms with Crippen molar-refractivity contribution in [2.75, 3.05) is 6.26 Å². The van der Waals surface area contributed by atoms with Crippen LogP contribution in [0.4, 0.5) is 0 Å². The SMILES string of the molecule is C/C=C(\N=CCC)SC. The second-order valence-corrected chi connectivity index (χ2v) is 2.38. The maximum Gasteiger partial charge on any atom is 0.0910 e. The molecule has 0 aliphatic rings. The number of hydrogen-bond acceptors (Lipinski definition) is 2. The number of thioether (sulfide) groups is 1. The molecule has 0 heterocycles. The summed E-state index contributed by atoms with van der Waals surface area (Å²) in [5, 5.41) is 1.09. The summed E-state index contributed by atoms with van der Waals surface area (Å²) in [5.74, 6) is 0. The molecule has 0 fully saturated rings. The molecule has 1 nitrogen and oxygen atoms in total. The van der Waals surface area contributed by atoms with Crippen LogP contribution in [0, 0.1) is 0 Å². The molecule has 0 radical (unpaired) electrons. The van der Waals surface area contributed by atoms with Crippen molar-refractivity contribution in [1.29, 1.82) is 0 Å². The summed E-state index contributed by atoms with van der Waals surface area (Å²) in [6.45, 7) is 4.08. The van der Waals surface area contributed by atoms with Gasteiger partial charge in [-0.2, -0.15) is 0 Å². The molecule has 52 valence electrons. The van der Waals surface area contributed by atoms with Crippen molar-refractivity contribution in [2.45, 2.75) is 20.3 Å². The van der Waals surface area contributed by atoms with E-state index in [9.17, 15) is 0 Å². The van der Waals surface area contributed by atoms with Gasteiger partial charge in [-0.1, -0.05) is 13.0 Å². The highest BCUT2D eigenvalue weighted by atomic mass is 32.2. The van der Waals surface area contributed by atoms with Gasteiger partial charge in [0.1, 0.15) is 0 Å². The molecule has 0 bridgehead atoms. The quantitative estimate of drug-likeness (QED) is 0.553. The topological polar surface area (TPSA) is 12.4 Å². The molecule has 0 aromatic heterocycles. The summed E-state index contributed by atoms with van der Waals surface area (Å²) in [4.78, 5) is 4.18. The minimum atomic E-state index is 1.01. The van der Waals surface area contributed by atoms with E-state index in [1.165, 1.54) is 0 Å². The molecule has 0 aliphatic heterocycles. The van der Waals surface area contributed by atoms with E-state index in [0.717, 1.165) is 11.4 Å². The van der Waals surface area contributed by atoms with Crippen LogP contribution < -0.4 is 0 Å². The molecule has 2 heteroatoms. The van der Waals surface area contributed by atoms with Gasteiger partial charge in [-0.15, -0.1) is 11.8 Å². The normalized spacial score (nSPS) is 13.0. The number of aliphatic imine (C=N–C) groups is 1. The van der Waals surface area contributed by atoms with Crippen molar-refractivity contribution in [2.24, 2.45) is 4.99 Å². The lowest BCUT2D eigenvalue weighted by Gasteiger charge is -1.90. The van der Waals surface area contributed by atoms with Crippen LogP contribution in [0.5, 0.6) is 0 Å². The van der Waals surface area contributed by atoms with Gasteiger partial charge in [-0.05, 0) is 19.6 Å². The molecule has 0 aromatic rings. The van der Waals surface area contributed by atoms with E-state index in [4.69, 9.17) is 0 Å². The molecule has 0 rings (SSSR count). The Labute approximate surface area is 61.3 Å². The molecular weight excluding hydrogens is 130 g/mol. The van der Waals surface area contributed by atoms with Gasteiger partial charge in [0.15, 0.2) is 0 Å². The summed E-state index contributed by atoms with van der Waals surface area (Å²) in [5.41, 5.74) is 0. The van der Waals surface area contributed by atoms with Gasteiger partial charge in [0.05, 0.1) is 5.03 Å². The van der Waals surface area contributed by atoms with Crippen LogP contribution in [-0.2, 0) is 0 Å². The lowest BCUT2D eigenvalue weighted by atomic mass is 10.5. The predicted octanol–water partition coefficient (Wildman–Crippen LogP) is 2.69. The minimum Gasteiger partial charge on any atom is -0.255 e. The van der Waals surface area contributed by atoms with Crippen LogP contribution in [0.15, 0.2) is 16.1 Å². The Morgan fingerprint density at radius 2 is 2.33 bits per heavy atom. The average Bonchev–Trinajstić information content (AvgIpc) is 1.91. The van der Waals surface area contributed by atoms with Gasteiger partial charge in [0.2, 0.25) is 0 Å². The van der Waals surface area contributed by atoms with Gasteiger partial charge in [0, 0.05) is 6.21 Å². The summed E-state index contributed by atoms with van der Waals surface area (Å²) >= 11 is 1.67. The minimum absolute atomic E-state index is 1.01. The van der Waals surface area contributed by atoms with Crippen molar-refractivity contribution >= 4 is 18.0 Å². The smallest absolute Gasteiger partial charge is 0.0910 e. The van der Waals surface area contributed by atoms with Crippen LogP contribution in [0.25, 0.3) is 0 Å². The fourth-order valence-electron chi connectivity index (χ4n) is 0.426. The predicted molar refractivity (Wildman–Crippen MR) is 46.1 cm³/mol. The number of hydrogen-bond donors (Lipinski definition) is 0. The van der Waals surface area contributed by atoms with E-state index < -0.39 is 0 Å². The first-order chi connectivity index (χ1) is 4.35. The van der Waals surface area contributed by atoms with E-state index in [-0.39, 0.29) is 0 Å². The Morgan fingerprint density at radius 1 is 1.67 bits per heavy atom. The van der Waals surface area contributed by atoms with Crippen molar-refractivity contribution in [3.63, 3.8) is 0 Å². The molecule has 0 amide bonds. The van der Waals surface area contributed by atoms with E-state index in [1.54, 1.807) is 11.8 Å². The fourth-order valence-corrected chi connectivity index (χ4v) is 0.842. The summed E-state index contributed by atoms with van der Waals surface area (Å²) in [7, 11) is 0. The highest BCUT2D eigenvalue weighted by Gasteiger charge is 1.82. The Balaban J connectivity index is 3.70. The largest absolute Gasteiger partial charge is 0.255 e. The molecule has 0 aliphatic carbocycles. The Kier molecular flexibility index (Phi) is 5.73. The average molecular weight is 143 g/mol. The van der Waals surface area contributed by atoms with E-state index in [2.05, 4.69) is 11.9 Å². The van der Waals surface area contributed by atoms with Gasteiger partial charge in [0.25, 0.3) is 0 Å². The molecule has 0 unspecified atom stereocenters. The second kappa shape index (κ2) is 5.89. The van der Waals surface area contributed by atoms with Crippen LogP contribution in [0.1, 0.15) is 20.3 Å². The van der Waals surface area contributed by atoms with E-state index in [0.29, 0.717) is 0 Å². The third kappa shape index (κ3) is 4.28. The first-order valence-electron chi connectivity index (χ1n) is 3.08. The Bertz CT molecular complexity index is 116. The lowest BCUT2D eigenvalue weighted by Crippen LogP contribution is -1.70. The van der Waals surface area contributed by atoms with Gasteiger partial charge >= 0.3 is 0 Å². The summed E-state index contributed by atoms with van der Waals surface area (Å²) in [6.07, 6.45) is 6.98. The Hall–Kier alpha value is -0.240. The monoisotopic (exact) mass is 143 g/mol. The number of nitrogens with zero attached hydrogens (tertiary/aromatic N) is 1. The van der Waals surface area contributed by atoms with Crippen LogP contribution in [0.2, 0.25) is 0 Å². The van der Waals surface area contributed by atoms with Gasteiger partial charge < -0.3 is 0 Å². The Morgan fingerprint density at radius 3 is 2.67 bits per heavy atom. The fraction of sp³-hybridized carbons (Fsp3) is 0.571. The van der Waals surface area contributed by atoms with Crippen molar-refractivity contribution in [1.82, 2.24) is 0 Å². The number of rotatable bonds is 3. The number of allylic oxidation sites excluding steroid dienone is 1. The highest BCUT2D eigenvalue weighted by molar-refractivity contribution is 8.02. The van der Waals surface area contributed by atoms with E-state index in [1.807, 2.05) is 25.5 Å². The van der Waals surface area contributed by atoms with Crippen LogP contribution in [-0.4, -0.2) is 12.5 Å². The summed E-state index contributed by atoms with van der Waals surface area (Å²) in [6, 6.07) is 0. The van der Waals surface area contributed by atoms with E-state index >= 15 is 0 Å². The molecule has 0 N–H and O–H groups in total. The van der Waals surface area contributed by atoms with Gasteiger partial charge in [-0.3, -0.25) is 4.99 Å². The van der Waals surface area contributed by atoms with Gasteiger partial charge in [-0.25, -0.2) is 0 Å². The maximum atomic E-state index is 4.18. The first-order valence-corrected chi connectivity index (χ1v) is 4.30. The van der Waals surface area contributed by atoms with Crippen molar-refractivity contribution in [3.05, 3.63) is 11.1 Å². The third-order valence-electron chi connectivity index (χ3n) is 0.857. The maximum absolute atomic E-state index is 4.18. The molecular formula is C7H13NS. The molecule has 0 saturated carbocycles. The zero-order chi connectivity index (χ0) is 7.11. The zero-order valence-electron chi connectivity index (χ0n) is 6.22. The van der Waals surface area contributed by atoms with Crippen LogP contribution >= 0.6 is 11.8 Å². The van der Waals surface area contributed by atoms with Crippen LogP contribution in [0.3, 0.4) is 0 Å². The van der Waals surface area contributed by atoms with Crippen molar-refractivity contribution < 1.29 is 0 Å². The molecule has 0 saturated heterocycles. The highest BCUT2D eigenvalue weighted by Crippen LogP contribution is 2.10. The first kappa shape index (κ1) is 8.76. The molecule has 0 aromatic carbocycles. The lowest BCUT2D eigenvalue weighted by molar-refractivity contribution is 1.30.